The van der Waals surface area contributed by atoms with Gasteiger partial charge in [0.25, 0.3) is 0 Å². The molecule has 3 N–H and O–H groups in total. The van der Waals surface area contributed by atoms with Crippen molar-refractivity contribution < 1.29 is 4.39 Å². The molecule has 0 bridgehead atoms. The van der Waals surface area contributed by atoms with E-state index in [4.69, 9.17) is 11.1 Å². The zero-order chi connectivity index (χ0) is 12.1. The molecule has 1 aromatic heterocycles. The lowest BCUT2D eigenvalue weighted by Gasteiger charge is -2.24. The maximum atomic E-state index is 12.7. The van der Waals surface area contributed by atoms with Gasteiger partial charge in [-0.1, -0.05) is 6.92 Å². The Bertz CT molecular complexity index is 350. The molecule has 1 heterocycles. The van der Waals surface area contributed by atoms with Crippen molar-refractivity contribution in [3.05, 3.63) is 24.1 Å². The van der Waals surface area contributed by atoms with Gasteiger partial charge in [0, 0.05) is 19.0 Å². The van der Waals surface area contributed by atoms with Gasteiger partial charge in [-0.3, -0.25) is 5.41 Å². The molecule has 0 aliphatic heterocycles. The Balaban J connectivity index is 2.74. The Hall–Kier alpha value is -1.65. The molecule has 5 heteroatoms. The first-order valence-electron chi connectivity index (χ1n) is 5.25. The molecule has 1 rings (SSSR count). The molecule has 0 aromatic carbocycles. The van der Waals surface area contributed by atoms with Crippen LogP contribution in [0, 0.1) is 17.1 Å². The number of hydrogen-bond acceptors (Lipinski definition) is 3. The summed E-state index contributed by atoms with van der Waals surface area (Å²) in [5.74, 6) is 0.476. The van der Waals surface area contributed by atoms with Gasteiger partial charge in [0.2, 0.25) is 0 Å². The van der Waals surface area contributed by atoms with Crippen LogP contribution in [0.2, 0.25) is 0 Å². The number of pyridine rings is 1. The number of amidine groups is 1. The molecule has 1 aromatic rings. The normalized spacial score (nSPS) is 12.2. The van der Waals surface area contributed by atoms with Gasteiger partial charge in [-0.05, 0) is 19.1 Å². The first-order chi connectivity index (χ1) is 7.54. The molecule has 1 atom stereocenters. The van der Waals surface area contributed by atoms with E-state index < -0.39 is 0 Å². The molecule has 0 saturated carbocycles. The van der Waals surface area contributed by atoms with E-state index >= 15 is 0 Å². The summed E-state index contributed by atoms with van der Waals surface area (Å²) >= 11 is 0. The highest BCUT2D eigenvalue weighted by molar-refractivity contribution is 5.79. The maximum absolute atomic E-state index is 12.7. The summed E-state index contributed by atoms with van der Waals surface area (Å²) in [7, 11) is 0. The minimum atomic E-state index is -0.348. The first-order valence-corrected chi connectivity index (χ1v) is 5.25. The van der Waals surface area contributed by atoms with E-state index in [0.29, 0.717) is 12.4 Å². The predicted octanol–water partition coefficient (Wildman–Crippen LogP) is 1.62. The zero-order valence-corrected chi connectivity index (χ0v) is 9.57. The van der Waals surface area contributed by atoms with Gasteiger partial charge in [-0.2, -0.15) is 0 Å². The van der Waals surface area contributed by atoms with E-state index in [-0.39, 0.29) is 17.6 Å². The highest BCUT2D eigenvalue weighted by atomic mass is 19.1. The summed E-state index contributed by atoms with van der Waals surface area (Å²) in [6.45, 7) is 5.23. The standard InChI is InChI=1S/C11H17FN4/c1-3-16(7-8(2)11(13)14)10-5-4-9(12)6-15-10/h4-6,8H,3,7H2,1-2H3,(H3,13,14). The molecule has 0 aliphatic rings. The summed E-state index contributed by atoms with van der Waals surface area (Å²) in [6, 6.07) is 3.01. The topological polar surface area (TPSA) is 66.0 Å². The number of anilines is 1. The molecule has 0 radical (unpaired) electrons. The van der Waals surface area contributed by atoms with Crippen LogP contribution in [0.1, 0.15) is 13.8 Å². The average Bonchev–Trinajstić information content (AvgIpc) is 2.26. The van der Waals surface area contributed by atoms with Gasteiger partial charge in [-0.25, -0.2) is 9.37 Å². The van der Waals surface area contributed by atoms with Gasteiger partial charge in [0.15, 0.2) is 0 Å². The van der Waals surface area contributed by atoms with Gasteiger partial charge in [-0.15, -0.1) is 0 Å². The second kappa shape index (κ2) is 5.44. The molecule has 0 fully saturated rings. The SMILES string of the molecule is CCN(CC(C)C(=N)N)c1ccc(F)cn1. The third-order valence-corrected chi connectivity index (χ3v) is 2.44. The number of aromatic nitrogens is 1. The molecule has 4 nitrogen and oxygen atoms in total. The Morgan fingerprint density at radius 3 is 2.75 bits per heavy atom. The number of rotatable bonds is 5. The summed E-state index contributed by atoms with van der Waals surface area (Å²) < 4.78 is 12.7. The number of nitrogens with one attached hydrogen (secondary N) is 1. The largest absolute Gasteiger partial charge is 0.387 e. The van der Waals surface area contributed by atoms with Crippen LogP contribution in [0.4, 0.5) is 10.2 Å². The van der Waals surface area contributed by atoms with Crippen LogP contribution in [0.25, 0.3) is 0 Å². The van der Waals surface area contributed by atoms with Gasteiger partial charge < -0.3 is 10.6 Å². The molecule has 0 amide bonds. The highest BCUT2D eigenvalue weighted by Gasteiger charge is 2.12. The van der Waals surface area contributed by atoms with Gasteiger partial charge in [0.05, 0.1) is 12.0 Å². The maximum Gasteiger partial charge on any atom is 0.141 e. The summed E-state index contributed by atoms with van der Waals surface area (Å²) in [4.78, 5) is 5.97. The van der Waals surface area contributed by atoms with Crippen molar-refractivity contribution in [1.82, 2.24) is 4.98 Å². The van der Waals surface area contributed by atoms with Crippen LogP contribution in [-0.2, 0) is 0 Å². The Morgan fingerprint density at radius 2 is 2.31 bits per heavy atom. The van der Waals surface area contributed by atoms with Gasteiger partial charge in [0.1, 0.15) is 11.6 Å². The average molecular weight is 224 g/mol. The van der Waals surface area contributed by atoms with Crippen LogP contribution in [0.3, 0.4) is 0 Å². The van der Waals surface area contributed by atoms with Gasteiger partial charge >= 0.3 is 0 Å². The summed E-state index contributed by atoms with van der Waals surface area (Å²) in [6.07, 6.45) is 1.19. The second-order valence-corrected chi connectivity index (χ2v) is 3.73. The molecule has 1 unspecified atom stereocenters. The molecule has 0 saturated heterocycles. The molecule has 0 spiro atoms. The second-order valence-electron chi connectivity index (χ2n) is 3.73. The quantitative estimate of drug-likeness (QED) is 0.590. The number of nitrogens with two attached hydrogens (primary N) is 1. The Morgan fingerprint density at radius 1 is 1.62 bits per heavy atom. The van der Waals surface area contributed by atoms with Crippen LogP contribution < -0.4 is 10.6 Å². The number of halogens is 1. The summed E-state index contributed by atoms with van der Waals surface area (Å²) in [5.41, 5.74) is 5.42. The molecule has 16 heavy (non-hydrogen) atoms. The Labute approximate surface area is 94.8 Å². The number of hydrogen-bond donors (Lipinski definition) is 2. The van der Waals surface area contributed by atoms with Crippen LogP contribution in [0.5, 0.6) is 0 Å². The van der Waals surface area contributed by atoms with Crippen LogP contribution >= 0.6 is 0 Å². The number of nitrogens with zero attached hydrogens (tertiary/aromatic N) is 2. The lowest BCUT2D eigenvalue weighted by Crippen LogP contribution is -2.34. The fourth-order valence-corrected chi connectivity index (χ4v) is 1.37. The first kappa shape index (κ1) is 12.4. The fourth-order valence-electron chi connectivity index (χ4n) is 1.37. The minimum absolute atomic E-state index is 0.0354. The van der Waals surface area contributed by atoms with Crippen molar-refractivity contribution in [3.8, 4) is 0 Å². The fraction of sp³-hybridized carbons (Fsp3) is 0.455. The smallest absolute Gasteiger partial charge is 0.141 e. The summed E-state index contributed by atoms with van der Waals surface area (Å²) in [5, 5.41) is 7.34. The highest BCUT2D eigenvalue weighted by Crippen LogP contribution is 2.12. The van der Waals surface area contributed by atoms with E-state index in [1.807, 2.05) is 18.7 Å². The van der Waals surface area contributed by atoms with E-state index in [9.17, 15) is 4.39 Å². The molecular formula is C11H17FN4. The third kappa shape index (κ3) is 3.18. The van der Waals surface area contributed by atoms with Crippen molar-refractivity contribution in [2.24, 2.45) is 11.7 Å². The van der Waals surface area contributed by atoms with E-state index in [2.05, 4.69) is 4.98 Å². The minimum Gasteiger partial charge on any atom is -0.387 e. The Kier molecular flexibility index (Phi) is 4.22. The van der Waals surface area contributed by atoms with Crippen LogP contribution in [0.15, 0.2) is 18.3 Å². The van der Waals surface area contributed by atoms with Crippen molar-refractivity contribution in [2.45, 2.75) is 13.8 Å². The van der Waals surface area contributed by atoms with Crippen molar-refractivity contribution in [2.75, 3.05) is 18.0 Å². The monoisotopic (exact) mass is 224 g/mol. The van der Waals surface area contributed by atoms with Crippen molar-refractivity contribution in [1.29, 1.82) is 5.41 Å². The van der Waals surface area contributed by atoms with E-state index in [1.54, 1.807) is 6.07 Å². The molecular weight excluding hydrogens is 207 g/mol. The lowest BCUT2D eigenvalue weighted by molar-refractivity contribution is 0.618. The lowest BCUT2D eigenvalue weighted by atomic mass is 10.1. The van der Waals surface area contributed by atoms with Crippen molar-refractivity contribution in [3.63, 3.8) is 0 Å². The third-order valence-electron chi connectivity index (χ3n) is 2.44. The molecule has 88 valence electrons. The van der Waals surface area contributed by atoms with E-state index in [0.717, 1.165) is 6.54 Å². The van der Waals surface area contributed by atoms with E-state index in [1.165, 1.54) is 12.3 Å². The zero-order valence-electron chi connectivity index (χ0n) is 9.57. The predicted molar refractivity (Wildman–Crippen MR) is 63.2 cm³/mol. The molecule has 0 aliphatic carbocycles. The van der Waals surface area contributed by atoms with Crippen LogP contribution in [-0.4, -0.2) is 23.9 Å². The van der Waals surface area contributed by atoms with Crippen molar-refractivity contribution >= 4 is 11.7 Å².